The summed E-state index contributed by atoms with van der Waals surface area (Å²) in [6.07, 6.45) is -1.00. The topological polar surface area (TPSA) is 128 Å². The average molecular weight is 512 g/mol. The zero-order valence-electron chi connectivity index (χ0n) is 19.8. The Morgan fingerprint density at radius 3 is 2.56 bits per heavy atom. The van der Waals surface area contributed by atoms with Crippen LogP contribution in [0.1, 0.15) is 62.8 Å². The number of aryl methyl sites for hydroxylation is 1. The number of amides is 1. The third kappa shape index (κ3) is 6.05. The van der Waals surface area contributed by atoms with Crippen molar-refractivity contribution in [3.8, 4) is 17.1 Å². The molecule has 0 radical (unpaired) electrons. The maximum absolute atomic E-state index is 13.9. The van der Waals surface area contributed by atoms with Crippen molar-refractivity contribution in [2.75, 3.05) is 0 Å². The second kappa shape index (κ2) is 10.7. The van der Waals surface area contributed by atoms with Gasteiger partial charge in [-0.3, -0.25) is 4.79 Å². The summed E-state index contributed by atoms with van der Waals surface area (Å²) in [5.41, 5.74) is -0.887. The molecule has 0 spiro atoms. The van der Waals surface area contributed by atoms with Crippen LogP contribution in [0.3, 0.4) is 0 Å². The number of hydrogen-bond acceptors (Lipinski definition) is 7. The lowest BCUT2D eigenvalue weighted by atomic mass is 9.87. The maximum atomic E-state index is 13.9. The molecular formula is C23H28F3N5O5. The van der Waals surface area contributed by atoms with Crippen molar-refractivity contribution in [3.05, 3.63) is 23.5 Å². The molecule has 2 atom stereocenters. The van der Waals surface area contributed by atoms with Gasteiger partial charge in [0.05, 0.1) is 30.0 Å². The molecule has 0 unspecified atom stereocenters. The average Bonchev–Trinajstić information content (AvgIpc) is 3.47. The molecule has 36 heavy (non-hydrogen) atoms. The van der Waals surface area contributed by atoms with E-state index in [1.54, 1.807) is 7.05 Å². The highest BCUT2D eigenvalue weighted by molar-refractivity contribution is 5.70. The Kier molecular flexibility index (Phi) is 7.65. The number of carbonyl (C=O) groups is 2. The first-order valence-corrected chi connectivity index (χ1v) is 11.9. The fraction of sp³-hybridized carbons (Fsp3) is 0.609. The quantitative estimate of drug-likeness (QED) is 0.569. The number of carboxylic acids is 1. The Morgan fingerprint density at radius 1 is 1.14 bits per heavy atom. The third-order valence-corrected chi connectivity index (χ3v) is 6.56. The summed E-state index contributed by atoms with van der Waals surface area (Å²) in [4.78, 5) is 27.2. The molecule has 1 amide bonds. The summed E-state index contributed by atoms with van der Waals surface area (Å²) < 4.78 is 54.0. The van der Waals surface area contributed by atoms with E-state index in [1.165, 1.54) is 10.7 Å². The molecule has 10 nitrogen and oxygen atoms in total. The number of alkyl halides is 3. The monoisotopic (exact) mass is 511 g/mol. The molecule has 2 saturated carbocycles. The minimum atomic E-state index is -4.82. The number of ether oxygens (including phenoxy) is 2. The number of hydrogen-bond donors (Lipinski definition) is 2. The summed E-state index contributed by atoms with van der Waals surface area (Å²) >= 11 is 0. The van der Waals surface area contributed by atoms with Crippen molar-refractivity contribution in [1.82, 2.24) is 25.3 Å². The van der Waals surface area contributed by atoms with Gasteiger partial charge in [-0.05, 0) is 63.5 Å². The SMILES string of the molecule is Cn1nnc(-c2ccc(O[C@H]3CCC[C@H](C(=O)O)C3)c(C(F)(F)F)n2)c1CNC(=O)OC1CCCC1. The molecule has 2 N–H and O–H groups in total. The molecule has 0 aromatic carbocycles. The molecule has 13 heteroatoms. The largest absolute Gasteiger partial charge is 0.488 e. The van der Waals surface area contributed by atoms with Gasteiger partial charge < -0.3 is 19.9 Å². The molecule has 2 fully saturated rings. The first-order chi connectivity index (χ1) is 17.1. The highest BCUT2D eigenvalue weighted by atomic mass is 19.4. The van der Waals surface area contributed by atoms with E-state index >= 15 is 0 Å². The standard InChI is InChI=1S/C23H28F3N5O5/c1-31-17(12-27-22(34)36-14-6-2-3-7-14)19(29-30-31)16-9-10-18(20(28-16)23(24,25)26)35-15-8-4-5-13(11-15)21(32)33/h9-10,13-15H,2-8,11-12H2,1H3,(H,27,34)(H,32,33)/t13-,15-/m0/s1. The summed E-state index contributed by atoms with van der Waals surface area (Å²) in [6, 6.07) is 2.50. The van der Waals surface area contributed by atoms with Gasteiger partial charge in [0.25, 0.3) is 0 Å². The van der Waals surface area contributed by atoms with Gasteiger partial charge in [-0.15, -0.1) is 5.10 Å². The fourth-order valence-electron chi connectivity index (χ4n) is 4.66. The van der Waals surface area contributed by atoms with Crippen LogP contribution >= 0.6 is 0 Å². The lowest BCUT2D eigenvalue weighted by Gasteiger charge is -2.28. The molecule has 2 aromatic rings. The van der Waals surface area contributed by atoms with Gasteiger partial charge in [0, 0.05) is 7.05 Å². The maximum Gasteiger partial charge on any atom is 0.437 e. The molecule has 2 heterocycles. The van der Waals surface area contributed by atoms with E-state index in [1.807, 2.05) is 0 Å². The van der Waals surface area contributed by atoms with Crippen molar-refractivity contribution >= 4 is 12.1 Å². The van der Waals surface area contributed by atoms with E-state index in [2.05, 4.69) is 20.6 Å². The van der Waals surface area contributed by atoms with Gasteiger partial charge >= 0.3 is 18.2 Å². The van der Waals surface area contributed by atoms with Crippen LogP contribution in [0.5, 0.6) is 5.75 Å². The Bertz CT molecular complexity index is 1100. The Morgan fingerprint density at radius 2 is 1.86 bits per heavy atom. The first-order valence-electron chi connectivity index (χ1n) is 11.9. The normalized spacial score (nSPS) is 20.8. The van der Waals surface area contributed by atoms with E-state index < -0.39 is 41.7 Å². The molecule has 2 aliphatic carbocycles. The second-order valence-electron chi connectivity index (χ2n) is 9.16. The summed E-state index contributed by atoms with van der Waals surface area (Å²) in [7, 11) is 1.56. The number of aliphatic carboxylic acids is 1. The van der Waals surface area contributed by atoms with Crippen LogP contribution in [0.2, 0.25) is 0 Å². The van der Waals surface area contributed by atoms with Gasteiger partial charge in [-0.1, -0.05) is 5.21 Å². The smallest absolute Gasteiger partial charge is 0.437 e. The summed E-state index contributed by atoms with van der Waals surface area (Å²) in [5, 5.41) is 19.7. The summed E-state index contributed by atoms with van der Waals surface area (Å²) in [5.74, 6) is -2.10. The molecule has 0 bridgehead atoms. The van der Waals surface area contributed by atoms with Crippen LogP contribution in [-0.4, -0.2) is 49.4 Å². The lowest BCUT2D eigenvalue weighted by Crippen LogP contribution is -2.30. The molecule has 2 aliphatic rings. The number of pyridine rings is 1. The van der Waals surface area contributed by atoms with Crippen molar-refractivity contribution in [1.29, 1.82) is 0 Å². The number of halogens is 3. The predicted octanol–water partition coefficient (Wildman–Crippen LogP) is 4.09. The third-order valence-electron chi connectivity index (χ3n) is 6.56. The Labute approximate surface area is 205 Å². The van der Waals surface area contributed by atoms with Gasteiger partial charge in [-0.25, -0.2) is 14.5 Å². The number of carboxylic acid groups (broad SMARTS) is 1. The number of nitrogens with zero attached hydrogens (tertiary/aromatic N) is 4. The summed E-state index contributed by atoms with van der Waals surface area (Å²) in [6.45, 7) is -0.0652. The zero-order chi connectivity index (χ0) is 25.9. The van der Waals surface area contributed by atoms with E-state index in [4.69, 9.17) is 9.47 Å². The number of aromatic nitrogens is 4. The van der Waals surface area contributed by atoms with Crippen LogP contribution in [-0.2, 0) is 29.3 Å². The van der Waals surface area contributed by atoms with Crippen LogP contribution in [0.4, 0.5) is 18.0 Å². The number of rotatable bonds is 7. The minimum Gasteiger partial charge on any atom is -0.488 e. The van der Waals surface area contributed by atoms with Gasteiger partial charge in [0.15, 0.2) is 11.4 Å². The van der Waals surface area contributed by atoms with Crippen molar-refractivity contribution in [3.63, 3.8) is 0 Å². The van der Waals surface area contributed by atoms with Crippen LogP contribution in [0.15, 0.2) is 12.1 Å². The Balaban J connectivity index is 1.52. The molecule has 196 valence electrons. The highest BCUT2D eigenvalue weighted by Gasteiger charge is 2.39. The minimum absolute atomic E-state index is 0.0652. The number of carbonyl (C=O) groups excluding carboxylic acids is 1. The van der Waals surface area contributed by atoms with Crippen molar-refractivity contribution in [2.24, 2.45) is 13.0 Å². The zero-order valence-corrected chi connectivity index (χ0v) is 19.8. The van der Waals surface area contributed by atoms with E-state index in [0.717, 1.165) is 31.7 Å². The number of nitrogens with one attached hydrogen (secondary N) is 1. The van der Waals surface area contributed by atoms with Gasteiger partial charge in [0.2, 0.25) is 0 Å². The molecular weight excluding hydrogens is 483 g/mol. The molecule has 4 rings (SSSR count). The van der Waals surface area contributed by atoms with Crippen molar-refractivity contribution in [2.45, 2.75) is 76.3 Å². The van der Waals surface area contributed by atoms with Crippen molar-refractivity contribution < 1.29 is 37.3 Å². The lowest BCUT2D eigenvalue weighted by molar-refractivity contribution is -0.146. The Hall–Kier alpha value is -3.38. The van der Waals surface area contributed by atoms with Crippen LogP contribution in [0.25, 0.3) is 11.4 Å². The van der Waals surface area contributed by atoms with E-state index in [9.17, 15) is 27.9 Å². The highest BCUT2D eigenvalue weighted by Crippen LogP contribution is 2.38. The van der Waals surface area contributed by atoms with E-state index in [-0.39, 0.29) is 30.5 Å². The molecule has 0 saturated heterocycles. The number of alkyl carbamates (subject to hydrolysis) is 1. The van der Waals surface area contributed by atoms with Gasteiger partial charge in [-0.2, -0.15) is 13.2 Å². The fourth-order valence-corrected chi connectivity index (χ4v) is 4.66. The molecule has 0 aliphatic heterocycles. The predicted molar refractivity (Wildman–Crippen MR) is 119 cm³/mol. The van der Waals surface area contributed by atoms with Gasteiger partial charge in [0.1, 0.15) is 11.8 Å². The second-order valence-corrected chi connectivity index (χ2v) is 9.16. The van der Waals surface area contributed by atoms with E-state index in [0.29, 0.717) is 25.0 Å². The first kappa shape index (κ1) is 25.7. The van der Waals surface area contributed by atoms with Crippen LogP contribution < -0.4 is 10.1 Å². The van der Waals surface area contributed by atoms with Crippen LogP contribution in [0, 0.1) is 5.92 Å². The molecule has 2 aromatic heterocycles.